The summed E-state index contributed by atoms with van der Waals surface area (Å²) in [5.41, 5.74) is 4.00. The van der Waals surface area contributed by atoms with Crippen LogP contribution in [0.25, 0.3) is 0 Å². The van der Waals surface area contributed by atoms with Gasteiger partial charge in [-0.15, -0.1) is 6.58 Å². The highest BCUT2D eigenvalue weighted by molar-refractivity contribution is 5.92. The van der Waals surface area contributed by atoms with Crippen LogP contribution in [0.3, 0.4) is 0 Å². The normalized spacial score (nSPS) is 9.95. The highest BCUT2D eigenvalue weighted by Crippen LogP contribution is 2.14. The third-order valence-electron chi connectivity index (χ3n) is 3.23. The summed E-state index contributed by atoms with van der Waals surface area (Å²) in [6.45, 7) is 6.40. The van der Waals surface area contributed by atoms with E-state index in [1.165, 1.54) is 0 Å². The fourth-order valence-electron chi connectivity index (χ4n) is 2.05. The average Bonchev–Trinajstić information content (AvgIpc) is 2.49. The average molecular weight is 280 g/mol. The molecule has 108 valence electrons. The second kappa shape index (κ2) is 7.29. The highest BCUT2D eigenvalue weighted by atomic mass is 16.1. The molecule has 0 aliphatic rings. The van der Waals surface area contributed by atoms with Gasteiger partial charge in [0.2, 0.25) is 5.91 Å². The van der Waals surface area contributed by atoms with Crippen molar-refractivity contribution in [2.45, 2.75) is 13.3 Å². The van der Waals surface area contributed by atoms with Gasteiger partial charge in [-0.05, 0) is 42.3 Å². The van der Waals surface area contributed by atoms with E-state index in [1.807, 2.05) is 55.5 Å². The van der Waals surface area contributed by atoms with Gasteiger partial charge in [0.25, 0.3) is 0 Å². The van der Waals surface area contributed by atoms with Crippen molar-refractivity contribution in [1.82, 2.24) is 0 Å². The van der Waals surface area contributed by atoms with Gasteiger partial charge in [0.15, 0.2) is 0 Å². The topological polar surface area (TPSA) is 41.1 Å². The van der Waals surface area contributed by atoms with Crippen molar-refractivity contribution >= 4 is 17.3 Å². The van der Waals surface area contributed by atoms with E-state index in [0.29, 0.717) is 6.42 Å². The molecule has 0 atom stereocenters. The maximum absolute atomic E-state index is 12.1. The number of rotatable bonds is 6. The van der Waals surface area contributed by atoms with E-state index in [0.717, 1.165) is 29.0 Å². The maximum Gasteiger partial charge on any atom is 0.228 e. The first-order valence-corrected chi connectivity index (χ1v) is 6.98. The Hall–Kier alpha value is -2.55. The Morgan fingerprint density at radius 2 is 1.76 bits per heavy atom. The molecule has 0 unspecified atom stereocenters. The van der Waals surface area contributed by atoms with Crippen molar-refractivity contribution in [2.24, 2.45) is 0 Å². The van der Waals surface area contributed by atoms with Crippen LogP contribution in [0.4, 0.5) is 11.4 Å². The van der Waals surface area contributed by atoms with Crippen LogP contribution in [0.15, 0.2) is 61.2 Å². The second-order valence-corrected chi connectivity index (χ2v) is 4.90. The standard InChI is InChI=1S/C18H20N2O/c1-3-12-19-16-8-10-17(11-9-16)20-18(21)13-15-7-5-4-6-14(15)2/h3-11,19H,1,12-13H2,2H3,(H,20,21). The Balaban J connectivity index is 1.93. The second-order valence-electron chi connectivity index (χ2n) is 4.90. The number of anilines is 2. The zero-order valence-corrected chi connectivity index (χ0v) is 12.2. The summed E-state index contributed by atoms with van der Waals surface area (Å²) < 4.78 is 0. The maximum atomic E-state index is 12.1. The van der Waals surface area contributed by atoms with Crippen molar-refractivity contribution in [1.29, 1.82) is 0 Å². The summed E-state index contributed by atoms with van der Waals surface area (Å²) in [6, 6.07) is 15.6. The molecule has 0 aromatic heterocycles. The van der Waals surface area contributed by atoms with Crippen LogP contribution < -0.4 is 10.6 Å². The SMILES string of the molecule is C=CCNc1ccc(NC(=O)Cc2ccccc2C)cc1. The lowest BCUT2D eigenvalue weighted by atomic mass is 10.1. The Bertz CT molecular complexity index is 617. The van der Waals surface area contributed by atoms with Crippen LogP contribution in [-0.4, -0.2) is 12.5 Å². The molecule has 0 aliphatic carbocycles. The van der Waals surface area contributed by atoms with E-state index >= 15 is 0 Å². The summed E-state index contributed by atoms with van der Waals surface area (Å²) >= 11 is 0. The molecule has 1 amide bonds. The molecule has 2 N–H and O–H groups in total. The zero-order valence-electron chi connectivity index (χ0n) is 12.2. The first-order valence-electron chi connectivity index (χ1n) is 6.98. The molecule has 0 saturated carbocycles. The third-order valence-corrected chi connectivity index (χ3v) is 3.23. The van der Waals surface area contributed by atoms with Crippen molar-refractivity contribution < 1.29 is 4.79 Å². The van der Waals surface area contributed by atoms with Crippen LogP contribution in [0, 0.1) is 6.92 Å². The summed E-state index contributed by atoms with van der Waals surface area (Å²) in [6.07, 6.45) is 2.20. The summed E-state index contributed by atoms with van der Waals surface area (Å²) in [4.78, 5) is 12.1. The van der Waals surface area contributed by atoms with E-state index in [-0.39, 0.29) is 5.91 Å². The number of hydrogen-bond donors (Lipinski definition) is 2. The van der Waals surface area contributed by atoms with Gasteiger partial charge in [-0.3, -0.25) is 4.79 Å². The number of benzene rings is 2. The van der Waals surface area contributed by atoms with Crippen LogP contribution in [0.5, 0.6) is 0 Å². The van der Waals surface area contributed by atoms with Crippen molar-refractivity contribution in [3.63, 3.8) is 0 Å². The van der Waals surface area contributed by atoms with Gasteiger partial charge in [0.05, 0.1) is 6.42 Å². The van der Waals surface area contributed by atoms with Gasteiger partial charge in [-0.25, -0.2) is 0 Å². The molecular formula is C18H20N2O. The number of aryl methyl sites for hydroxylation is 1. The fourth-order valence-corrected chi connectivity index (χ4v) is 2.05. The first-order chi connectivity index (χ1) is 10.2. The molecule has 0 aliphatic heterocycles. The van der Waals surface area contributed by atoms with Crippen molar-refractivity contribution in [3.8, 4) is 0 Å². The molecule has 0 heterocycles. The van der Waals surface area contributed by atoms with Gasteiger partial charge in [0.1, 0.15) is 0 Å². The molecule has 0 bridgehead atoms. The minimum atomic E-state index is -0.00361. The zero-order chi connectivity index (χ0) is 15.1. The number of carbonyl (C=O) groups excluding carboxylic acids is 1. The van der Waals surface area contributed by atoms with E-state index < -0.39 is 0 Å². The van der Waals surface area contributed by atoms with Crippen LogP contribution in [0.1, 0.15) is 11.1 Å². The van der Waals surface area contributed by atoms with E-state index in [4.69, 9.17) is 0 Å². The lowest BCUT2D eigenvalue weighted by Gasteiger charge is -2.08. The van der Waals surface area contributed by atoms with Gasteiger partial charge < -0.3 is 10.6 Å². The van der Waals surface area contributed by atoms with Crippen molar-refractivity contribution in [2.75, 3.05) is 17.2 Å². The van der Waals surface area contributed by atoms with E-state index in [1.54, 1.807) is 6.08 Å². The van der Waals surface area contributed by atoms with Gasteiger partial charge in [0, 0.05) is 17.9 Å². The molecule has 3 heteroatoms. The Kier molecular flexibility index (Phi) is 5.16. The monoisotopic (exact) mass is 280 g/mol. The minimum Gasteiger partial charge on any atom is -0.382 e. The molecule has 0 fully saturated rings. The predicted octanol–water partition coefficient (Wildman–Crippen LogP) is 3.77. The Morgan fingerprint density at radius 3 is 2.43 bits per heavy atom. The molecule has 2 aromatic rings. The van der Waals surface area contributed by atoms with Crippen molar-refractivity contribution in [3.05, 3.63) is 72.3 Å². The molecular weight excluding hydrogens is 260 g/mol. The molecule has 2 rings (SSSR count). The lowest BCUT2D eigenvalue weighted by Crippen LogP contribution is -2.15. The summed E-state index contributed by atoms with van der Waals surface area (Å²) in [7, 11) is 0. The molecule has 2 aromatic carbocycles. The number of carbonyl (C=O) groups is 1. The number of amides is 1. The summed E-state index contributed by atoms with van der Waals surface area (Å²) in [5, 5.41) is 6.11. The van der Waals surface area contributed by atoms with Gasteiger partial charge in [-0.2, -0.15) is 0 Å². The van der Waals surface area contributed by atoms with E-state index in [2.05, 4.69) is 17.2 Å². The molecule has 3 nitrogen and oxygen atoms in total. The highest BCUT2D eigenvalue weighted by Gasteiger charge is 2.06. The minimum absolute atomic E-state index is 0.00361. The van der Waals surface area contributed by atoms with Gasteiger partial charge in [-0.1, -0.05) is 30.3 Å². The van der Waals surface area contributed by atoms with Gasteiger partial charge >= 0.3 is 0 Å². The van der Waals surface area contributed by atoms with Crippen LogP contribution >= 0.6 is 0 Å². The van der Waals surface area contributed by atoms with E-state index in [9.17, 15) is 4.79 Å². The Labute approximate surface area is 125 Å². The lowest BCUT2D eigenvalue weighted by molar-refractivity contribution is -0.115. The smallest absolute Gasteiger partial charge is 0.228 e. The number of hydrogen-bond acceptors (Lipinski definition) is 2. The first kappa shape index (κ1) is 14.9. The predicted molar refractivity (Wildman–Crippen MR) is 88.6 cm³/mol. The molecule has 0 radical (unpaired) electrons. The van der Waals surface area contributed by atoms with Crippen LogP contribution in [-0.2, 0) is 11.2 Å². The molecule has 21 heavy (non-hydrogen) atoms. The Morgan fingerprint density at radius 1 is 1.10 bits per heavy atom. The fraction of sp³-hybridized carbons (Fsp3) is 0.167. The molecule has 0 spiro atoms. The quantitative estimate of drug-likeness (QED) is 0.791. The molecule has 0 saturated heterocycles. The largest absolute Gasteiger partial charge is 0.382 e. The summed E-state index contributed by atoms with van der Waals surface area (Å²) in [5.74, 6) is -0.00361. The third kappa shape index (κ3) is 4.49. The van der Waals surface area contributed by atoms with Crippen LogP contribution in [0.2, 0.25) is 0 Å². The number of nitrogens with one attached hydrogen (secondary N) is 2.